The second-order valence-electron chi connectivity index (χ2n) is 6.86. The lowest BCUT2D eigenvalue weighted by atomic mass is 9.95. The molecule has 2 aromatic rings. The Labute approximate surface area is 158 Å². The van der Waals surface area contributed by atoms with Crippen LogP contribution in [0.3, 0.4) is 0 Å². The number of aliphatic imine (C=N–C) groups is 1. The maximum absolute atomic E-state index is 12.1. The first-order valence-corrected chi connectivity index (χ1v) is 10.9. The van der Waals surface area contributed by atoms with Gasteiger partial charge in [-0.2, -0.15) is 0 Å². The summed E-state index contributed by atoms with van der Waals surface area (Å²) in [5.74, 6) is 1.58. The molecule has 1 fully saturated rings. The van der Waals surface area contributed by atoms with Gasteiger partial charge in [0.15, 0.2) is 5.96 Å². The molecule has 1 aliphatic rings. The molecule has 0 heterocycles. The van der Waals surface area contributed by atoms with Crippen LogP contribution >= 0.6 is 0 Å². The van der Waals surface area contributed by atoms with Gasteiger partial charge in [-0.1, -0.05) is 55.8 Å². The predicted octanol–water partition coefficient (Wildman–Crippen LogP) is 3.58. The van der Waals surface area contributed by atoms with Gasteiger partial charge in [0.25, 0.3) is 0 Å². The van der Waals surface area contributed by atoms with E-state index in [9.17, 15) is 4.21 Å². The van der Waals surface area contributed by atoms with Crippen LogP contribution in [-0.4, -0.2) is 34.3 Å². The quantitative estimate of drug-likeness (QED) is 0.624. The molecule has 0 saturated heterocycles. The molecule has 0 bridgehead atoms. The highest BCUT2D eigenvalue weighted by Crippen LogP contribution is 2.23. The summed E-state index contributed by atoms with van der Waals surface area (Å²) in [6.07, 6.45) is 4.30. The molecule has 0 amide bonds. The number of guanidine groups is 1. The minimum atomic E-state index is -0.700. The van der Waals surface area contributed by atoms with Gasteiger partial charge in [-0.25, -0.2) is 0 Å². The van der Waals surface area contributed by atoms with Crippen LogP contribution in [0.2, 0.25) is 0 Å². The van der Waals surface area contributed by atoms with Gasteiger partial charge in [0.05, 0.1) is 0 Å². The van der Waals surface area contributed by atoms with Crippen LogP contribution in [0.4, 0.5) is 0 Å². The fourth-order valence-electron chi connectivity index (χ4n) is 3.76. The molecule has 3 atom stereocenters. The Morgan fingerprint density at radius 3 is 2.81 bits per heavy atom. The lowest BCUT2D eigenvalue weighted by Crippen LogP contribution is -2.46. The van der Waals surface area contributed by atoms with Crippen molar-refractivity contribution in [3.05, 3.63) is 48.0 Å². The Balaban J connectivity index is 1.60. The van der Waals surface area contributed by atoms with Crippen molar-refractivity contribution in [3.63, 3.8) is 0 Å². The Kier molecular flexibility index (Phi) is 6.67. The highest BCUT2D eigenvalue weighted by Gasteiger charge is 2.26. The van der Waals surface area contributed by atoms with Crippen molar-refractivity contribution in [1.82, 2.24) is 10.6 Å². The van der Waals surface area contributed by atoms with Gasteiger partial charge in [-0.05, 0) is 35.6 Å². The summed E-state index contributed by atoms with van der Waals surface area (Å²) in [6, 6.07) is 15.2. The fraction of sp³-hybridized carbons (Fsp3) is 0.476. The van der Waals surface area contributed by atoms with E-state index in [0.717, 1.165) is 43.9 Å². The van der Waals surface area contributed by atoms with Crippen molar-refractivity contribution >= 4 is 27.5 Å². The van der Waals surface area contributed by atoms with Crippen LogP contribution in [0.15, 0.2) is 47.5 Å². The second kappa shape index (κ2) is 9.17. The average molecular weight is 372 g/mol. The van der Waals surface area contributed by atoms with Crippen molar-refractivity contribution < 1.29 is 4.21 Å². The number of nitrogens with zero attached hydrogens (tertiary/aromatic N) is 1. The van der Waals surface area contributed by atoms with E-state index in [2.05, 4.69) is 58.1 Å². The zero-order valence-electron chi connectivity index (χ0n) is 15.7. The highest BCUT2D eigenvalue weighted by atomic mass is 32.2. The van der Waals surface area contributed by atoms with E-state index in [-0.39, 0.29) is 0 Å². The van der Waals surface area contributed by atoms with E-state index in [1.807, 2.05) is 14.0 Å². The number of nitrogens with one attached hydrogen (secondary N) is 2. The summed E-state index contributed by atoms with van der Waals surface area (Å²) in [7, 11) is 1.11. The van der Waals surface area contributed by atoms with Crippen LogP contribution in [0, 0.1) is 0 Å². The van der Waals surface area contributed by atoms with Gasteiger partial charge in [0, 0.05) is 41.4 Å². The SMILES string of the molecule is CCS(=O)C1CCCC(NC(=NC)NCc2cccc3ccccc23)C1. The summed E-state index contributed by atoms with van der Waals surface area (Å²) in [5, 5.41) is 9.83. The summed E-state index contributed by atoms with van der Waals surface area (Å²) in [5.41, 5.74) is 1.26. The summed E-state index contributed by atoms with van der Waals surface area (Å²) in [4.78, 5) is 4.39. The van der Waals surface area contributed by atoms with Crippen LogP contribution in [0.25, 0.3) is 10.8 Å². The third-order valence-electron chi connectivity index (χ3n) is 5.17. The molecule has 140 valence electrons. The van der Waals surface area contributed by atoms with Gasteiger partial charge >= 0.3 is 0 Å². The Morgan fingerprint density at radius 2 is 2.00 bits per heavy atom. The number of hydrogen-bond donors (Lipinski definition) is 2. The molecule has 0 aliphatic heterocycles. The zero-order chi connectivity index (χ0) is 18.4. The zero-order valence-corrected chi connectivity index (χ0v) is 16.5. The Morgan fingerprint density at radius 1 is 1.19 bits per heavy atom. The first kappa shape index (κ1) is 18.9. The number of hydrogen-bond acceptors (Lipinski definition) is 2. The van der Waals surface area contributed by atoms with E-state index in [4.69, 9.17) is 0 Å². The maximum Gasteiger partial charge on any atom is 0.191 e. The first-order valence-electron chi connectivity index (χ1n) is 9.52. The van der Waals surface area contributed by atoms with Gasteiger partial charge in [-0.3, -0.25) is 9.20 Å². The molecule has 2 aromatic carbocycles. The molecular formula is C21H29N3OS. The highest BCUT2D eigenvalue weighted by molar-refractivity contribution is 7.85. The van der Waals surface area contributed by atoms with Crippen molar-refractivity contribution in [2.75, 3.05) is 12.8 Å². The summed E-state index contributed by atoms with van der Waals surface area (Å²) >= 11 is 0. The molecule has 0 spiro atoms. The number of fused-ring (bicyclic) bond motifs is 1. The minimum Gasteiger partial charge on any atom is -0.354 e. The fourth-order valence-corrected chi connectivity index (χ4v) is 5.11. The molecule has 1 aliphatic carbocycles. The van der Waals surface area contributed by atoms with E-state index in [1.165, 1.54) is 16.3 Å². The van der Waals surface area contributed by atoms with Crippen LogP contribution in [-0.2, 0) is 17.3 Å². The van der Waals surface area contributed by atoms with E-state index in [1.54, 1.807) is 0 Å². The molecule has 26 heavy (non-hydrogen) atoms. The molecule has 1 saturated carbocycles. The molecule has 3 unspecified atom stereocenters. The molecule has 2 N–H and O–H groups in total. The Bertz CT molecular complexity index is 784. The van der Waals surface area contributed by atoms with E-state index >= 15 is 0 Å². The molecule has 5 heteroatoms. The largest absolute Gasteiger partial charge is 0.354 e. The third kappa shape index (κ3) is 4.64. The first-order chi connectivity index (χ1) is 12.7. The van der Waals surface area contributed by atoms with Crippen molar-refractivity contribution in [2.24, 2.45) is 4.99 Å². The molecule has 0 radical (unpaired) electrons. The Hall–Kier alpha value is -1.88. The average Bonchev–Trinajstić information content (AvgIpc) is 2.70. The second-order valence-corrected chi connectivity index (χ2v) is 8.87. The van der Waals surface area contributed by atoms with Crippen molar-refractivity contribution in [1.29, 1.82) is 0 Å². The van der Waals surface area contributed by atoms with Crippen molar-refractivity contribution in [3.8, 4) is 0 Å². The lowest BCUT2D eigenvalue weighted by Gasteiger charge is -2.30. The standard InChI is InChI=1S/C21H29N3OS/c1-3-26(25)19-12-7-11-18(14-19)24-21(22-2)23-15-17-10-6-9-16-8-4-5-13-20(16)17/h4-6,8-10,13,18-19H,3,7,11-12,14-15H2,1-2H3,(H2,22,23,24). The van der Waals surface area contributed by atoms with Crippen LogP contribution < -0.4 is 10.6 Å². The maximum atomic E-state index is 12.1. The normalized spacial score (nSPS) is 22.2. The van der Waals surface area contributed by atoms with Gasteiger partial charge in [0.1, 0.15) is 0 Å². The van der Waals surface area contributed by atoms with E-state index in [0.29, 0.717) is 11.3 Å². The number of rotatable bonds is 5. The summed E-state index contributed by atoms with van der Waals surface area (Å²) < 4.78 is 12.1. The van der Waals surface area contributed by atoms with E-state index < -0.39 is 10.8 Å². The van der Waals surface area contributed by atoms with Gasteiger partial charge in [-0.15, -0.1) is 0 Å². The molecular weight excluding hydrogens is 342 g/mol. The minimum absolute atomic E-state index is 0.322. The molecule has 3 rings (SSSR count). The van der Waals surface area contributed by atoms with Gasteiger partial charge < -0.3 is 10.6 Å². The summed E-state index contributed by atoms with van der Waals surface area (Å²) in [6.45, 7) is 2.75. The number of benzene rings is 2. The van der Waals surface area contributed by atoms with Gasteiger partial charge in [0.2, 0.25) is 0 Å². The van der Waals surface area contributed by atoms with Crippen molar-refractivity contribution in [2.45, 2.75) is 50.4 Å². The topological polar surface area (TPSA) is 53.5 Å². The van der Waals surface area contributed by atoms with Crippen LogP contribution in [0.1, 0.15) is 38.2 Å². The molecule has 0 aromatic heterocycles. The lowest BCUT2D eigenvalue weighted by molar-refractivity contribution is 0.413. The van der Waals surface area contributed by atoms with Crippen LogP contribution in [0.5, 0.6) is 0 Å². The monoisotopic (exact) mass is 371 g/mol. The smallest absolute Gasteiger partial charge is 0.191 e. The molecule has 4 nitrogen and oxygen atoms in total. The third-order valence-corrected chi connectivity index (χ3v) is 6.91. The predicted molar refractivity (Wildman–Crippen MR) is 112 cm³/mol.